The molecule has 29 heavy (non-hydrogen) atoms. The summed E-state index contributed by atoms with van der Waals surface area (Å²) in [5.74, 6) is 0.152. The van der Waals surface area contributed by atoms with Crippen molar-refractivity contribution in [3.05, 3.63) is 77.1 Å². The van der Waals surface area contributed by atoms with E-state index in [1.54, 1.807) is 4.90 Å². The highest BCUT2D eigenvalue weighted by Gasteiger charge is 2.34. The summed E-state index contributed by atoms with van der Waals surface area (Å²) < 4.78 is 6.45. The van der Waals surface area contributed by atoms with Gasteiger partial charge < -0.3 is 4.74 Å². The summed E-state index contributed by atoms with van der Waals surface area (Å²) in [5.41, 5.74) is 4.01. The fourth-order valence-electron chi connectivity index (χ4n) is 3.42. The lowest BCUT2D eigenvalue weighted by molar-refractivity contribution is -0.118. The maximum Gasteiger partial charge on any atom is 0.247 e. The average Bonchev–Trinajstić information content (AvgIpc) is 2.86. The predicted octanol–water partition coefficient (Wildman–Crippen LogP) is 4.76. The molecule has 2 aromatic carbocycles. The van der Waals surface area contributed by atoms with Crippen molar-refractivity contribution in [2.75, 3.05) is 4.90 Å². The molecule has 1 amide bonds. The van der Waals surface area contributed by atoms with E-state index < -0.39 is 6.23 Å². The van der Waals surface area contributed by atoms with E-state index in [-0.39, 0.29) is 10.7 Å². The molecule has 7 heteroatoms. The number of hydrogen-bond acceptors (Lipinski definition) is 5. The van der Waals surface area contributed by atoms with Gasteiger partial charge in [-0.15, -0.1) is 6.58 Å². The van der Waals surface area contributed by atoms with Gasteiger partial charge in [-0.1, -0.05) is 48.5 Å². The fourth-order valence-corrected chi connectivity index (χ4v) is 3.55. The van der Waals surface area contributed by atoms with Crippen LogP contribution in [0.1, 0.15) is 30.7 Å². The number of allylic oxidation sites excluding steroid dienone is 1. The molecule has 0 radical (unpaired) electrons. The Balaban J connectivity index is 1.86. The molecule has 6 nitrogen and oxygen atoms in total. The van der Waals surface area contributed by atoms with E-state index in [0.717, 1.165) is 24.0 Å². The van der Waals surface area contributed by atoms with Gasteiger partial charge in [-0.2, -0.15) is 10.1 Å². The topological polar surface area (TPSA) is 71.1 Å². The normalized spacial score (nSPS) is 14.9. The molecule has 0 saturated heterocycles. The largest absolute Gasteiger partial charge is 0.447 e. The average molecular weight is 404 g/mol. The lowest BCUT2D eigenvalue weighted by Crippen LogP contribution is -2.36. The minimum absolute atomic E-state index is 0.145. The van der Waals surface area contributed by atoms with Gasteiger partial charge in [0.15, 0.2) is 5.69 Å². The summed E-state index contributed by atoms with van der Waals surface area (Å²) in [7, 11) is 0. The molecule has 1 aromatic heterocycles. The number of amides is 1. The first-order chi connectivity index (χ1) is 14.1. The second kappa shape index (κ2) is 7.97. The van der Waals surface area contributed by atoms with Crippen molar-refractivity contribution >= 4 is 23.8 Å². The predicted molar refractivity (Wildman–Crippen MR) is 114 cm³/mol. The third-order valence-electron chi connectivity index (χ3n) is 4.79. The van der Waals surface area contributed by atoms with E-state index in [4.69, 9.17) is 17.0 Å². The number of nitrogens with zero attached hydrogens (tertiary/aromatic N) is 3. The molecule has 0 saturated carbocycles. The molecule has 0 spiro atoms. The summed E-state index contributed by atoms with van der Waals surface area (Å²) in [6.07, 6.45) is 3.04. The number of benzene rings is 2. The molecule has 2 heterocycles. The van der Waals surface area contributed by atoms with Crippen LogP contribution in [0.3, 0.4) is 0 Å². The zero-order valence-corrected chi connectivity index (χ0v) is 16.8. The Morgan fingerprint density at radius 1 is 1.28 bits per heavy atom. The lowest BCUT2D eigenvalue weighted by atomic mass is 10.0. The van der Waals surface area contributed by atoms with Crippen LogP contribution < -0.4 is 9.64 Å². The van der Waals surface area contributed by atoms with Crippen molar-refractivity contribution in [3.8, 4) is 17.1 Å². The lowest BCUT2D eigenvalue weighted by Gasteiger charge is -2.30. The second-order valence-corrected chi connectivity index (χ2v) is 7.13. The Morgan fingerprint density at radius 2 is 2.03 bits per heavy atom. The minimum atomic E-state index is -0.686. The van der Waals surface area contributed by atoms with E-state index in [1.165, 1.54) is 12.5 Å². The summed E-state index contributed by atoms with van der Waals surface area (Å²) in [4.78, 5) is 18.6. The molecular formula is C22H20N4O2S. The number of aromatic amines is 1. The van der Waals surface area contributed by atoms with Gasteiger partial charge in [0.1, 0.15) is 0 Å². The van der Waals surface area contributed by atoms with Gasteiger partial charge >= 0.3 is 0 Å². The fraction of sp³-hybridized carbons (Fsp3) is 0.182. The maximum absolute atomic E-state index is 12.7. The minimum Gasteiger partial charge on any atom is -0.447 e. The Bertz CT molecular complexity index is 1120. The zero-order valence-electron chi connectivity index (χ0n) is 16.0. The smallest absolute Gasteiger partial charge is 0.247 e. The van der Waals surface area contributed by atoms with Gasteiger partial charge in [0.25, 0.3) is 0 Å². The highest BCUT2D eigenvalue weighted by Crippen LogP contribution is 2.42. The molecule has 0 bridgehead atoms. The van der Waals surface area contributed by atoms with E-state index in [0.29, 0.717) is 17.3 Å². The summed E-state index contributed by atoms with van der Waals surface area (Å²) >= 11 is 5.14. The quantitative estimate of drug-likeness (QED) is 0.501. The van der Waals surface area contributed by atoms with Crippen LogP contribution in [0.15, 0.2) is 61.2 Å². The molecule has 1 aliphatic heterocycles. The number of hydrogen-bond donors (Lipinski definition) is 1. The molecule has 4 rings (SSSR count). The number of carbonyl (C=O) groups is 1. The van der Waals surface area contributed by atoms with Gasteiger partial charge in [0.2, 0.25) is 22.8 Å². The van der Waals surface area contributed by atoms with E-state index in [1.807, 2.05) is 54.6 Å². The number of aryl methyl sites for hydroxylation is 1. The van der Waals surface area contributed by atoms with Gasteiger partial charge in [0, 0.05) is 18.1 Å². The molecule has 1 atom stereocenters. The van der Waals surface area contributed by atoms with Gasteiger partial charge in [-0.3, -0.25) is 14.8 Å². The monoisotopic (exact) mass is 404 g/mol. The Labute approximate surface area is 173 Å². The van der Waals surface area contributed by atoms with E-state index in [2.05, 4.69) is 21.8 Å². The molecule has 0 aliphatic carbocycles. The number of H-pyrrole nitrogens is 1. The van der Waals surface area contributed by atoms with Crippen molar-refractivity contribution in [2.45, 2.75) is 26.0 Å². The Hall–Kier alpha value is -3.32. The summed E-state index contributed by atoms with van der Waals surface area (Å²) in [5, 5.41) is 7.04. The van der Waals surface area contributed by atoms with Gasteiger partial charge in [-0.25, -0.2) is 0 Å². The molecule has 1 unspecified atom stereocenters. The van der Waals surface area contributed by atoms with E-state index >= 15 is 0 Å². The SMILES string of the molecule is C=CCCc1ccc(C2Oc3nc(=S)[nH]nc3-c3ccccc3N2C(C)=O)cc1. The van der Waals surface area contributed by atoms with Crippen LogP contribution in [0.5, 0.6) is 5.88 Å². The first kappa shape index (κ1) is 19.0. The van der Waals surface area contributed by atoms with Crippen LogP contribution in [0, 0.1) is 4.77 Å². The van der Waals surface area contributed by atoms with Crippen molar-refractivity contribution < 1.29 is 9.53 Å². The highest BCUT2D eigenvalue weighted by atomic mass is 32.1. The number of ether oxygens (including phenoxy) is 1. The number of fused-ring (bicyclic) bond motifs is 3. The first-order valence-electron chi connectivity index (χ1n) is 9.31. The molecule has 0 fully saturated rings. The number of carbonyl (C=O) groups excluding carboxylic acids is 1. The Morgan fingerprint density at radius 3 is 2.76 bits per heavy atom. The van der Waals surface area contributed by atoms with Crippen molar-refractivity contribution in [1.82, 2.24) is 15.2 Å². The second-order valence-electron chi connectivity index (χ2n) is 6.74. The highest BCUT2D eigenvalue weighted by molar-refractivity contribution is 7.71. The third kappa shape index (κ3) is 3.69. The van der Waals surface area contributed by atoms with Crippen molar-refractivity contribution in [3.63, 3.8) is 0 Å². The molecule has 1 N–H and O–H groups in total. The van der Waals surface area contributed by atoms with Crippen LogP contribution >= 0.6 is 12.2 Å². The standard InChI is InChI=1S/C22H20N4O2S/c1-3-4-7-15-10-12-16(13-11-15)21-26(14(2)27)18-9-6-5-8-17(18)19-20(28-21)23-22(29)25-24-19/h3,5-6,8-13,21H,1,4,7H2,2H3,(H,23,25,29). The van der Waals surface area contributed by atoms with Gasteiger partial charge in [0.05, 0.1) is 5.69 Å². The number of rotatable bonds is 4. The molecular weight excluding hydrogens is 384 g/mol. The zero-order chi connectivity index (χ0) is 20.4. The maximum atomic E-state index is 12.7. The van der Waals surface area contributed by atoms with Crippen LogP contribution in [-0.2, 0) is 11.2 Å². The molecule has 3 aromatic rings. The van der Waals surface area contributed by atoms with Gasteiger partial charge in [-0.05, 0) is 36.7 Å². The van der Waals surface area contributed by atoms with Crippen molar-refractivity contribution in [1.29, 1.82) is 0 Å². The molecule has 1 aliphatic rings. The van der Waals surface area contributed by atoms with Crippen molar-refractivity contribution in [2.24, 2.45) is 0 Å². The number of para-hydroxylation sites is 1. The summed E-state index contributed by atoms with van der Waals surface area (Å²) in [6.45, 7) is 5.29. The number of anilines is 1. The Kier molecular flexibility index (Phi) is 5.22. The van der Waals surface area contributed by atoms with E-state index in [9.17, 15) is 4.79 Å². The third-order valence-corrected chi connectivity index (χ3v) is 4.97. The van der Waals surface area contributed by atoms with Crippen LogP contribution in [0.4, 0.5) is 5.69 Å². The number of aromatic nitrogens is 3. The van der Waals surface area contributed by atoms with Crippen LogP contribution in [0.25, 0.3) is 11.3 Å². The summed E-state index contributed by atoms with van der Waals surface area (Å²) in [6, 6.07) is 15.6. The first-order valence-corrected chi connectivity index (χ1v) is 9.71. The number of nitrogens with one attached hydrogen (secondary N) is 1. The molecule has 146 valence electrons. The van der Waals surface area contributed by atoms with Crippen LogP contribution in [0.2, 0.25) is 0 Å². The van der Waals surface area contributed by atoms with Crippen LogP contribution in [-0.4, -0.2) is 21.1 Å².